The van der Waals surface area contributed by atoms with Crippen molar-refractivity contribution >= 4 is 5.91 Å². The first-order chi connectivity index (χ1) is 8.60. The largest absolute Gasteiger partial charge is 0.367 e. The molecular weight excluding hydrogens is 228 g/mol. The van der Waals surface area contributed by atoms with Crippen molar-refractivity contribution in [3.8, 4) is 0 Å². The number of carbonyl (C=O) groups excluding carboxylic acids is 1. The van der Waals surface area contributed by atoms with Crippen LogP contribution in [0.1, 0.15) is 19.4 Å². The predicted octanol–water partition coefficient (Wildman–Crippen LogP) is 0.315. The summed E-state index contributed by atoms with van der Waals surface area (Å²) in [5.41, 5.74) is 0.651. The van der Waals surface area contributed by atoms with Crippen LogP contribution in [0, 0.1) is 0 Å². The fourth-order valence-electron chi connectivity index (χ4n) is 2.23. The van der Waals surface area contributed by atoms with Crippen LogP contribution >= 0.6 is 0 Å². The van der Waals surface area contributed by atoms with E-state index in [2.05, 4.69) is 20.5 Å². The molecule has 100 valence electrons. The third kappa shape index (κ3) is 2.91. The molecule has 1 amide bonds. The van der Waals surface area contributed by atoms with Crippen molar-refractivity contribution in [1.29, 1.82) is 0 Å². The van der Waals surface area contributed by atoms with Gasteiger partial charge in [0.25, 0.3) is 0 Å². The van der Waals surface area contributed by atoms with Gasteiger partial charge in [-0.15, -0.1) is 0 Å². The molecule has 0 saturated carbocycles. The Morgan fingerprint density at radius 1 is 1.44 bits per heavy atom. The number of hydrogen-bond donors (Lipinski definition) is 3. The Kier molecular flexibility index (Phi) is 4.04. The van der Waals surface area contributed by atoms with Crippen molar-refractivity contribution in [2.24, 2.45) is 0 Å². The van der Waals surface area contributed by atoms with Crippen molar-refractivity contribution < 1.29 is 4.79 Å². The quantitative estimate of drug-likeness (QED) is 0.721. The zero-order valence-corrected chi connectivity index (χ0v) is 11.1. The fraction of sp³-hybridized carbons (Fsp3) is 0.615. The van der Waals surface area contributed by atoms with Gasteiger partial charge >= 0.3 is 0 Å². The second-order valence-electron chi connectivity index (χ2n) is 5.20. The van der Waals surface area contributed by atoms with Crippen LogP contribution in [-0.2, 0) is 11.3 Å². The molecular formula is C13H22N4O. The third-order valence-electron chi connectivity index (χ3n) is 3.58. The SMILES string of the molecule is CC(C)(C(=O)NCc1cc[nH]c1)N1CCNCC1. The van der Waals surface area contributed by atoms with Gasteiger partial charge in [-0.2, -0.15) is 0 Å². The van der Waals surface area contributed by atoms with Crippen molar-refractivity contribution in [3.05, 3.63) is 24.0 Å². The van der Waals surface area contributed by atoms with Gasteiger partial charge in [-0.3, -0.25) is 9.69 Å². The smallest absolute Gasteiger partial charge is 0.240 e. The molecule has 5 nitrogen and oxygen atoms in total. The molecule has 1 aliphatic rings. The number of hydrogen-bond acceptors (Lipinski definition) is 3. The van der Waals surface area contributed by atoms with Crippen LogP contribution in [0.15, 0.2) is 18.5 Å². The van der Waals surface area contributed by atoms with Crippen LogP contribution in [0.5, 0.6) is 0 Å². The molecule has 0 radical (unpaired) electrons. The summed E-state index contributed by atoms with van der Waals surface area (Å²) >= 11 is 0. The Balaban J connectivity index is 1.89. The van der Waals surface area contributed by atoms with Crippen molar-refractivity contribution in [3.63, 3.8) is 0 Å². The highest BCUT2D eigenvalue weighted by atomic mass is 16.2. The third-order valence-corrected chi connectivity index (χ3v) is 3.58. The Bertz CT molecular complexity index is 380. The van der Waals surface area contributed by atoms with E-state index in [1.807, 2.05) is 32.3 Å². The molecule has 5 heteroatoms. The highest BCUT2D eigenvalue weighted by molar-refractivity contribution is 5.85. The molecule has 0 atom stereocenters. The lowest BCUT2D eigenvalue weighted by molar-refractivity contribution is -0.132. The first kappa shape index (κ1) is 13.1. The van der Waals surface area contributed by atoms with Gasteiger partial charge < -0.3 is 15.6 Å². The van der Waals surface area contributed by atoms with E-state index in [4.69, 9.17) is 0 Å². The summed E-state index contributed by atoms with van der Waals surface area (Å²) in [6, 6.07) is 1.97. The number of nitrogens with zero attached hydrogens (tertiary/aromatic N) is 1. The number of nitrogens with one attached hydrogen (secondary N) is 3. The Morgan fingerprint density at radius 3 is 2.78 bits per heavy atom. The predicted molar refractivity (Wildman–Crippen MR) is 71.2 cm³/mol. The molecule has 0 aliphatic carbocycles. The zero-order chi connectivity index (χ0) is 13.0. The number of aromatic nitrogens is 1. The second kappa shape index (κ2) is 5.54. The van der Waals surface area contributed by atoms with Crippen LogP contribution in [0.2, 0.25) is 0 Å². The van der Waals surface area contributed by atoms with Crippen molar-refractivity contribution in [1.82, 2.24) is 20.5 Å². The fourth-order valence-corrected chi connectivity index (χ4v) is 2.23. The van der Waals surface area contributed by atoms with Gasteiger partial charge in [-0.05, 0) is 25.5 Å². The number of carbonyl (C=O) groups is 1. The maximum Gasteiger partial charge on any atom is 0.240 e. The number of piperazine rings is 1. The average molecular weight is 250 g/mol. The van der Waals surface area contributed by atoms with Crippen LogP contribution < -0.4 is 10.6 Å². The average Bonchev–Trinajstić information content (AvgIpc) is 2.90. The van der Waals surface area contributed by atoms with E-state index in [0.29, 0.717) is 6.54 Å². The molecule has 0 spiro atoms. The Hall–Kier alpha value is -1.33. The maximum atomic E-state index is 12.3. The van der Waals surface area contributed by atoms with E-state index in [9.17, 15) is 4.79 Å². The molecule has 1 aromatic rings. The van der Waals surface area contributed by atoms with Gasteiger partial charge in [-0.1, -0.05) is 0 Å². The molecule has 0 bridgehead atoms. The summed E-state index contributed by atoms with van der Waals surface area (Å²) in [6.07, 6.45) is 3.76. The van der Waals surface area contributed by atoms with Gasteiger partial charge in [-0.25, -0.2) is 0 Å². The number of aromatic amines is 1. The summed E-state index contributed by atoms with van der Waals surface area (Å²) in [4.78, 5) is 17.5. The minimum atomic E-state index is -0.446. The van der Waals surface area contributed by atoms with Gasteiger partial charge in [0, 0.05) is 45.1 Å². The lowest BCUT2D eigenvalue weighted by Gasteiger charge is -2.39. The first-order valence-corrected chi connectivity index (χ1v) is 6.46. The molecule has 0 unspecified atom stereocenters. The van der Waals surface area contributed by atoms with Crippen molar-refractivity contribution in [2.75, 3.05) is 26.2 Å². The molecule has 1 aromatic heterocycles. The first-order valence-electron chi connectivity index (χ1n) is 6.46. The molecule has 1 saturated heterocycles. The number of rotatable bonds is 4. The lowest BCUT2D eigenvalue weighted by atomic mass is 10.0. The van der Waals surface area contributed by atoms with Crippen LogP contribution in [0.4, 0.5) is 0 Å². The lowest BCUT2D eigenvalue weighted by Crippen LogP contribution is -2.59. The zero-order valence-electron chi connectivity index (χ0n) is 11.1. The van der Waals surface area contributed by atoms with E-state index >= 15 is 0 Å². The summed E-state index contributed by atoms with van der Waals surface area (Å²) < 4.78 is 0. The minimum Gasteiger partial charge on any atom is -0.367 e. The monoisotopic (exact) mass is 250 g/mol. The van der Waals surface area contributed by atoms with Crippen LogP contribution in [-0.4, -0.2) is 47.5 Å². The van der Waals surface area contributed by atoms with E-state index in [1.54, 1.807) is 0 Å². The van der Waals surface area contributed by atoms with Gasteiger partial charge in [0.2, 0.25) is 5.91 Å². The molecule has 2 heterocycles. The normalized spacial score (nSPS) is 17.7. The summed E-state index contributed by atoms with van der Waals surface area (Å²) in [5, 5.41) is 6.30. The minimum absolute atomic E-state index is 0.0885. The van der Waals surface area contributed by atoms with E-state index < -0.39 is 5.54 Å². The van der Waals surface area contributed by atoms with E-state index in [1.165, 1.54) is 0 Å². The molecule has 3 N–H and O–H groups in total. The molecule has 18 heavy (non-hydrogen) atoms. The highest BCUT2D eigenvalue weighted by Gasteiger charge is 2.34. The second-order valence-corrected chi connectivity index (χ2v) is 5.20. The Morgan fingerprint density at radius 2 is 2.17 bits per heavy atom. The number of amides is 1. The maximum absolute atomic E-state index is 12.3. The molecule has 0 aromatic carbocycles. The molecule has 2 rings (SSSR count). The van der Waals surface area contributed by atoms with Crippen molar-refractivity contribution in [2.45, 2.75) is 25.9 Å². The standard InChI is InChI=1S/C13H22N4O/c1-13(2,17-7-5-14-6-8-17)12(18)16-10-11-3-4-15-9-11/h3-4,9,14-15H,5-8,10H2,1-2H3,(H,16,18). The van der Waals surface area contributed by atoms with Crippen LogP contribution in [0.25, 0.3) is 0 Å². The highest BCUT2D eigenvalue weighted by Crippen LogP contribution is 2.15. The van der Waals surface area contributed by atoms with E-state index in [0.717, 1.165) is 31.7 Å². The molecule has 1 fully saturated rings. The summed E-state index contributed by atoms with van der Waals surface area (Å²) in [6.45, 7) is 8.31. The van der Waals surface area contributed by atoms with Gasteiger partial charge in [0.05, 0.1) is 5.54 Å². The Labute approximate surface area is 108 Å². The van der Waals surface area contributed by atoms with Gasteiger partial charge in [0.15, 0.2) is 0 Å². The van der Waals surface area contributed by atoms with E-state index in [-0.39, 0.29) is 5.91 Å². The summed E-state index contributed by atoms with van der Waals surface area (Å²) in [5.74, 6) is 0.0885. The topological polar surface area (TPSA) is 60.2 Å². The van der Waals surface area contributed by atoms with Gasteiger partial charge in [0.1, 0.15) is 0 Å². The van der Waals surface area contributed by atoms with Crippen LogP contribution in [0.3, 0.4) is 0 Å². The summed E-state index contributed by atoms with van der Waals surface area (Å²) in [7, 11) is 0. The number of H-pyrrole nitrogens is 1. The molecule has 1 aliphatic heterocycles.